The summed E-state index contributed by atoms with van der Waals surface area (Å²) in [6.45, 7) is 3.66. The number of rotatable bonds is 7. The summed E-state index contributed by atoms with van der Waals surface area (Å²) in [5.74, 6) is 0.584. The van der Waals surface area contributed by atoms with E-state index in [1.54, 1.807) is 0 Å². The van der Waals surface area contributed by atoms with Crippen molar-refractivity contribution >= 4 is 21.9 Å². The van der Waals surface area contributed by atoms with Crippen LogP contribution in [0.4, 0.5) is 0 Å². The van der Waals surface area contributed by atoms with Gasteiger partial charge in [-0.05, 0) is 40.5 Å². The number of esters is 1. The molecule has 1 aromatic carbocycles. The zero-order chi connectivity index (χ0) is 15.1. The van der Waals surface area contributed by atoms with E-state index in [4.69, 9.17) is 9.15 Å². The summed E-state index contributed by atoms with van der Waals surface area (Å²) in [4.78, 5) is 13.7. The van der Waals surface area contributed by atoms with Gasteiger partial charge in [0.1, 0.15) is 5.76 Å². The number of furan rings is 1. The number of carbonyl (C=O) groups excluding carboxylic acids is 1. The first-order valence-electron chi connectivity index (χ1n) is 6.83. The Morgan fingerprint density at radius 2 is 1.95 bits per heavy atom. The van der Waals surface area contributed by atoms with Gasteiger partial charge in [0.15, 0.2) is 4.67 Å². The summed E-state index contributed by atoms with van der Waals surface area (Å²) in [6.07, 6.45) is 0. The number of halogens is 1. The molecule has 0 aliphatic rings. The predicted octanol–water partition coefficient (Wildman–Crippen LogP) is 3.61. The topological polar surface area (TPSA) is 42.7 Å². The molecule has 1 aromatic heterocycles. The molecule has 0 N–H and O–H groups in total. The highest BCUT2D eigenvalue weighted by atomic mass is 79.9. The SMILES string of the molecule is CCOC(=O)CN(Cc1ccccc1)Cc1ccc(Br)o1. The monoisotopic (exact) mass is 351 g/mol. The Balaban J connectivity index is 2.04. The minimum absolute atomic E-state index is 0.223. The second-order valence-electron chi connectivity index (χ2n) is 4.64. The summed E-state index contributed by atoms with van der Waals surface area (Å²) in [6, 6.07) is 13.8. The molecular weight excluding hydrogens is 334 g/mol. The molecule has 0 saturated heterocycles. The zero-order valence-electron chi connectivity index (χ0n) is 11.9. The van der Waals surface area contributed by atoms with Crippen molar-refractivity contribution in [2.45, 2.75) is 20.0 Å². The molecule has 0 atom stereocenters. The van der Waals surface area contributed by atoms with Gasteiger partial charge in [0, 0.05) is 6.54 Å². The lowest BCUT2D eigenvalue weighted by atomic mass is 10.2. The van der Waals surface area contributed by atoms with Gasteiger partial charge in [-0.15, -0.1) is 0 Å². The first-order chi connectivity index (χ1) is 10.2. The van der Waals surface area contributed by atoms with Crippen LogP contribution in [0, 0.1) is 0 Å². The molecule has 0 unspecified atom stereocenters. The third-order valence-corrected chi connectivity index (χ3v) is 3.34. The lowest BCUT2D eigenvalue weighted by Crippen LogP contribution is -2.30. The number of ether oxygens (including phenoxy) is 1. The lowest BCUT2D eigenvalue weighted by molar-refractivity contribution is -0.144. The third kappa shape index (κ3) is 5.36. The first kappa shape index (κ1) is 15.8. The number of hydrogen-bond acceptors (Lipinski definition) is 4. The summed E-state index contributed by atoms with van der Waals surface area (Å²) in [7, 11) is 0. The predicted molar refractivity (Wildman–Crippen MR) is 83.6 cm³/mol. The van der Waals surface area contributed by atoms with Crippen molar-refractivity contribution in [1.29, 1.82) is 0 Å². The summed E-state index contributed by atoms with van der Waals surface area (Å²) >= 11 is 3.29. The van der Waals surface area contributed by atoms with Crippen LogP contribution < -0.4 is 0 Å². The van der Waals surface area contributed by atoms with Gasteiger partial charge in [-0.2, -0.15) is 0 Å². The maximum Gasteiger partial charge on any atom is 0.320 e. The highest BCUT2D eigenvalue weighted by Gasteiger charge is 2.14. The van der Waals surface area contributed by atoms with Crippen LogP contribution in [0.2, 0.25) is 0 Å². The minimum atomic E-state index is -0.223. The molecule has 5 heteroatoms. The molecule has 0 aliphatic heterocycles. The standard InChI is InChI=1S/C16H18BrNO3/c1-2-20-16(19)12-18(10-13-6-4-3-5-7-13)11-14-8-9-15(17)21-14/h3-9H,2,10-12H2,1H3. The zero-order valence-corrected chi connectivity index (χ0v) is 13.5. The number of nitrogens with zero attached hydrogens (tertiary/aromatic N) is 1. The van der Waals surface area contributed by atoms with E-state index in [9.17, 15) is 4.79 Å². The highest BCUT2D eigenvalue weighted by Crippen LogP contribution is 2.17. The van der Waals surface area contributed by atoms with Crippen molar-refractivity contribution in [2.75, 3.05) is 13.2 Å². The average molecular weight is 352 g/mol. The Morgan fingerprint density at radius 3 is 2.57 bits per heavy atom. The molecule has 1 heterocycles. The van der Waals surface area contributed by atoms with Crippen molar-refractivity contribution in [3.63, 3.8) is 0 Å². The van der Waals surface area contributed by atoms with Gasteiger partial charge in [0.2, 0.25) is 0 Å². The molecule has 21 heavy (non-hydrogen) atoms. The van der Waals surface area contributed by atoms with Gasteiger partial charge in [-0.3, -0.25) is 9.69 Å². The summed E-state index contributed by atoms with van der Waals surface area (Å²) in [5.41, 5.74) is 1.15. The van der Waals surface area contributed by atoms with E-state index in [-0.39, 0.29) is 12.5 Å². The van der Waals surface area contributed by atoms with Gasteiger partial charge in [-0.1, -0.05) is 30.3 Å². The minimum Gasteiger partial charge on any atom is -0.465 e. The van der Waals surface area contributed by atoms with Crippen LogP contribution in [-0.2, 0) is 22.6 Å². The van der Waals surface area contributed by atoms with E-state index in [1.807, 2.05) is 54.3 Å². The number of benzene rings is 1. The van der Waals surface area contributed by atoms with E-state index >= 15 is 0 Å². The Labute approximate surface area is 132 Å². The fourth-order valence-electron chi connectivity index (χ4n) is 2.06. The summed E-state index contributed by atoms with van der Waals surface area (Å²) < 4.78 is 11.2. The van der Waals surface area contributed by atoms with Crippen LogP contribution in [0.3, 0.4) is 0 Å². The van der Waals surface area contributed by atoms with E-state index in [1.165, 1.54) is 0 Å². The highest BCUT2D eigenvalue weighted by molar-refractivity contribution is 9.10. The molecule has 4 nitrogen and oxygen atoms in total. The van der Waals surface area contributed by atoms with Crippen LogP contribution >= 0.6 is 15.9 Å². The molecule has 0 saturated carbocycles. The Bertz CT molecular complexity index is 568. The smallest absolute Gasteiger partial charge is 0.320 e. The van der Waals surface area contributed by atoms with Crippen molar-refractivity contribution in [1.82, 2.24) is 4.90 Å². The van der Waals surface area contributed by atoms with Gasteiger partial charge < -0.3 is 9.15 Å². The molecule has 0 spiro atoms. The van der Waals surface area contributed by atoms with E-state index < -0.39 is 0 Å². The molecule has 112 valence electrons. The molecule has 0 bridgehead atoms. The van der Waals surface area contributed by atoms with E-state index in [0.29, 0.717) is 24.4 Å². The van der Waals surface area contributed by atoms with Gasteiger partial charge in [-0.25, -0.2) is 0 Å². The van der Waals surface area contributed by atoms with Crippen LogP contribution in [-0.4, -0.2) is 24.0 Å². The molecule has 0 radical (unpaired) electrons. The molecule has 0 amide bonds. The second-order valence-corrected chi connectivity index (χ2v) is 5.42. The largest absolute Gasteiger partial charge is 0.465 e. The number of hydrogen-bond donors (Lipinski definition) is 0. The normalized spacial score (nSPS) is 10.8. The fraction of sp³-hybridized carbons (Fsp3) is 0.312. The van der Waals surface area contributed by atoms with Crippen molar-refractivity contribution in [3.8, 4) is 0 Å². The van der Waals surface area contributed by atoms with Crippen LogP contribution in [0.1, 0.15) is 18.2 Å². The summed E-state index contributed by atoms with van der Waals surface area (Å²) in [5, 5.41) is 0. The van der Waals surface area contributed by atoms with Crippen molar-refractivity contribution in [3.05, 3.63) is 58.5 Å². The van der Waals surface area contributed by atoms with Crippen LogP contribution in [0.15, 0.2) is 51.6 Å². The average Bonchev–Trinajstić information content (AvgIpc) is 2.85. The van der Waals surface area contributed by atoms with Crippen molar-refractivity contribution < 1.29 is 13.9 Å². The van der Waals surface area contributed by atoms with Gasteiger partial charge >= 0.3 is 5.97 Å². The lowest BCUT2D eigenvalue weighted by Gasteiger charge is -2.20. The van der Waals surface area contributed by atoms with Crippen molar-refractivity contribution in [2.24, 2.45) is 0 Å². The second kappa shape index (κ2) is 8.00. The Kier molecular flexibility index (Phi) is 6.02. The molecular formula is C16H18BrNO3. The Hall–Kier alpha value is -1.59. The number of carbonyl (C=O) groups is 1. The quantitative estimate of drug-likeness (QED) is 0.714. The maximum absolute atomic E-state index is 11.7. The van der Waals surface area contributed by atoms with E-state index in [2.05, 4.69) is 15.9 Å². The van der Waals surface area contributed by atoms with Crippen LogP contribution in [0.5, 0.6) is 0 Å². The van der Waals surface area contributed by atoms with Gasteiger partial charge in [0.25, 0.3) is 0 Å². The third-order valence-electron chi connectivity index (χ3n) is 2.92. The molecule has 0 fully saturated rings. The molecule has 2 aromatic rings. The van der Waals surface area contributed by atoms with Crippen LogP contribution in [0.25, 0.3) is 0 Å². The first-order valence-corrected chi connectivity index (χ1v) is 7.62. The Morgan fingerprint density at radius 1 is 1.19 bits per heavy atom. The maximum atomic E-state index is 11.7. The van der Waals surface area contributed by atoms with E-state index in [0.717, 1.165) is 11.3 Å². The van der Waals surface area contributed by atoms with Gasteiger partial charge in [0.05, 0.1) is 19.7 Å². The fourth-order valence-corrected chi connectivity index (χ4v) is 2.40. The molecule has 0 aliphatic carbocycles. The molecule has 2 rings (SSSR count).